The van der Waals surface area contributed by atoms with E-state index in [1.807, 2.05) is 37.3 Å². The van der Waals surface area contributed by atoms with Crippen LogP contribution < -0.4 is 19.5 Å². The first-order valence-corrected chi connectivity index (χ1v) is 9.84. The normalized spacial score (nSPS) is 10.4. The van der Waals surface area contributed by atoms with Gasteiger partial charge in [0.05, 0.1) is 43.0 Å². The van der Waals surface area contributed by atoms with Crippen LogP contribution in [-0.4, -0.2) is 29.2 Å². The fourth-order valence-corrected chi connectivity index (χ4v) is 3.17. The van der Waals surface area contributed by atoms with Gasteiger partial charge in [-0.1, -0.05) is 12.1 Å². The van der Waals surface area contributed by atoms with Crippen molar-refractivity contribution in [2.45, 2.75) is 13.5 Å². The molecule has 0 spiro atoms. The standard InChI is InChI=1S/C24H21N5O3/c1-15-12-26-21-9-8-20(19(11-25)23(21)28-15)29-17-10-22(31-3)24(27-13-17)32-14-16-4-6-18(30-2)7-5-16/h4-10,12-13,29H,14H2,1-3H3. The highest BCUT2D eigenvalue weighted by molar-refractivity contribution is 5.88. The molecule has 0 saturated carbocycles. The van der Waals surface area contributed by atoms with E-state index in [1.165, 1.54) is 0 Å². The Kier molecular flexibility index (Phi) is 5.99. The smallest absolute Gasteiger partial charge is 0.257 e. The Labute approximate surface area is 185 Å². The van der Waals surface area contributed by atoms with Crippen molar-refractivity contribution in [2.75, 3.05) is 19.5 Å². The molecule has 0 bridgehead atoms. The van der Waals surface area contributed by atoms with Gasteiger partial charge in [-0.2, -0.15) is 5.26 Å². The van der Waals surface area contributed by atoms with Crippen molar-refractivity contribution in [1.29, 1.82) is 5.26 Å². The predicted octanol–water partition coefficient (Wildman–Crippen LogP) is 4.54. The number of anilines is 2. The van der Waals surface area contributed by atoms with Crippen LogP contribution in [0.5, 0.6) is 17.4 Å². The average Bonchev–Trinajstić information content (AvgIpc) is 2.83. The molecule has 0 atom stereocenters. The van der Waals surface area contributed by atoms with Crippen LogP contribution >= 0.6 is 0 Å². The minimum absolute atomic E-state index is 0.335. The van der Waals surface area contributed by atoms with Crippen molar-refractivity contribution in [3.63, 3.8) is 0 Å². The zero-order chi connectivity index (χ0) is 22.5. The largest absolute Gasteiger partial charge is 0.497 e. The zero-order valence-corrected chi connectivity index (χ0v) is 17.9. The molecule has 0 unspecified atom stereocenters. The van der Waals surface area contributed by atoms with Gasteiger partial charge in [-0.15, -0.1) is 0 Å². The summed E-state index contributed by atoms with van der Waals surface area (Å²) < 4.78 is 16.5. The molecule has 4 aromatic rings. The molecule has 2 aromatic heterocycles. The molecule has 0 aliphatic heterocycles. The van der Waals surface area contributed by atoms with Gasteiger partial charge in [-0.05, 0) is 36.8 Å². The van der Waals surface area contributed by atoms with Gasteiger partial charge in [0.15, 0.2) is 5.75 Å². The molecule has 32 heavy (non-hydrogen) atoms. The summed E-state index contributed by atoms with van der Waals surface area (Å²) >= 11 is 0. The topological polar surface area (TPSA) is 102 Å². The van der Waals surface area contributed by atoms with Crippen LogP contribution in [0.2, 0.25) is 0 Å². The number of hydrogen-bond acceptors (Lipinski definition) is 8. The monoisotopic (exact) mass is 427 g/mol. The second kappa shape index (κ2) is 9.18. The maximum Gasteiger partial charge on any atom is 0.257 e. The minimum atomic E-state index is 0.335. The number of hydrogen-bond donors (Lipinski definition) is 1. The molecule has 0 aliphatic carbocycles. The van der Waals surface area contributed by atoms with Gasteiger partial charge in [0, 0.05) is 12.3 Å². The van der Waals surface area contributed by atoms with E-state index in [9.17, 15) is 5.26 Å². The summed E-state index contributed by atoms with van der Waals surface area (Å²) in [5, 5.41) is 12.9. The molecule has 0 radical (unpaired) electrons. The van der Waals surface area contributed by atoms with Crippen LogP contribution in [0.25, 0.3) is 11.0 Å². The van der Waals surface area contributed by atoms with Crippen LogP contribution in [-0.2, 0) is 6.61 Å². The molecule has 2 heterocycles. The molecule has 0 amide bonds. The highest BCUT2D eigenvalue weighted by Crippen LogP contribution is 2.31. The van der Waals surface area contributed by atoms with Gasteiger partial charge in [0.25, 0.3) is 5.88 Å². The maximum atomic E-state index is 9.72. The van der Waals surface area contributed by atoms with E-state index in [2.05, 4.69) is 26.3 Å². The number of aromatic nitrogens is 3. The van der Waals surface area contributed by atoms with Crippen molar-refractivity contribution in [3.05, 3.63) is 71.7 Å². The third-order valence-electron chi connectivity index (χ3n) is 4.80. The first-order valence-electron chi connectivity index (χ1n) is 9.84. The summed E-state index contributed by atoms with van der Waals surface area (Å²) in [6.07, 6.45) is 3.30. The molecule has 0 aliphatic rings. The Hall–Kier alpha value is -4.38. The number of ether oxygens (including phenoxy) is 3. The Bertz CT molecular complexity index is 1300. The molecule has 4 rings (SSSR count). The summed E-state index contributed by atoms with van der Waals surface area (Å²) in [6.45, 7) is 2.18. The first-order chi connectivity index (χ1) is 15.6. The Morgan fingerprint density at radius 1 is 1.00 bits per heavy atom. The zero-order valence-electron chi connectivity index (χ0n) is 17.9. The third kappa shape index (κ3) is 4.37. The summed E-state index contributed by atoms with van der Waals surface area (Å²) in [4.78, 5) is 13.2. The lowest BCUT2D eigenvalue weighted by molar-refractivity contribution is 0.272. The predicted molar refractivity (Wildman–Crippen MR) is 120 cm³/mol. The van der Waals surface area contributed by atoms with Crippen molar-refractivity contribution in [1.82, 2.24) is 15.0 Å². The Morgan fingerprint density at radius 3 is 2.53 bits per heavy atom. The maximum absolute atomic E-state index is 9.72. The second-order valence-corrected chi connectivity index (χ2v) is 6.97. The Morgan fingerprint density at radius 2 is 1.81 bits per heavy atom. The number of nitrogens with one attached hydrogen (secondary N) is 1. The fraction of sp³-hybridized carbons (Fsp3) is 0.167. The summed E-state index contributed by atoms with van der Waals surface area (Å²) in [6, 6.07) is 15.2. The number of nitrogens with zero attached hydrogens (tertiary/aromatic N) is 4. The second-order valence-electron chi connectivity index (χ2n) is 6.97. The average molecular weight is 427 g/mol. The van der Waals surface area contributed by atoms with Crippen LogP contribution in [0.15, 0.2) is 54.9 Å². The lowest BCUT2D eigenvalue weighted by atomic mass is 10.1. The van der Waals surface area contributed by atoms with Gasteiger partial charge in [0.1, 0.15) is 29.5 Å². The summed E-state index contributed by atoms with van der Waals surface area (Å²) in [5.74, 6) is 1.62. The van der Waals surface area contributed by atoms with Crippen molar-refractivity contribution < 1.29 is 14.2 Å². The van der Waals surface area contributed by atoms with Crippen molar-refractivity contribution in [2.24, 2.45) is 0 Å². The van der Waals surface area contributed by atoms with Crippen molar-refractivity contribution >= 4 is 22.4 Å². The van der Waals surface area contributed by atoms with Gasteiger partial charge in [0.2, 0.25) is 0 Å². The van der Waals surface area contributed by atoms with Crippen LogP contribution in [0.3, 0.4) is 0 Å². The third-order valence-corrected chi connectivity index (χ3v) is 4.80. The number of methoxy groups -OCH3 is 2. The van der Waals surface area contributed by atoms with Gasteiger partial charge >= 0.3 is 0 Å². The van der Waals surface area contributed by atoms with E-state index < -0.39 is 0 Å². The molecular formula is C24H21N5O3. The Balaban J connectivity index is 1.56. The number of fused-ring (bicyclic) bond motifs is 1. The highest BCUT2D eigenvalue weighted by Gasteiger charge is 2.13. The first kappa shape index (κ1) is 20.9. The molecular weight excluding hydrogens is 406 g/mol. The van der Waals surface area contributed by atoms with E-state index in [-0.39, 0.29) is 0 Å². The van der Waals surface area contributed by atoms with Crippen molar-refractivity contribution in [3.8, 4) is 23.4 Å². The van der Waals surface area contributed by atoms with E-state index in [4.69, 9.17) is 14.2 Å². The number of nitriles is 1. The number of pyridine rings is 1. The molecule has 1 N–H and O–H groups in total. The van der Waals surface area contributed by atoms with E-state index in [1.54, 1.807) is 38.7 Å². The molecule has 8 nitrogen and oxygen atoms in total. The van der Waals surface area contributed by atoms with Gasteiger partial charge in [-0.25, -0.2) is 9.97 Å². The quantitative estimate of drug-likeness (QED) is 0.458. The number of rotatable bonds is 7. The lowest BCUT2D eigenvalue weighted by Crippen LogP contribution is -2.02. The summed E-state index contributed by atoms with van der Waals surface area (Å²) in [5.41, 5.74) is 4.60. The van der Waals surface area contributed by atoms with Gasteiger partial charge in [-0.3, -0.25) is 4.98 Å². The minimum Gasteiger partial charge on any atom is -0.497 e. The van der Waals surface area contributed by atoms with Crippen LogP contribution in [0, 0.1) is 18.3 Å². The van der Waals surface area contributed by atoms with Gasteiger partial charge < -0.3 is 19.5 Å². The van der Waals surface area contributed by atoms with E-state index in [0.717, 1.165) is 17.0 Å². The van der Waals surface area contributed by atoms with E-state index >= 15 is 0 Å². The molecule has 2 aromatic carbocycles. The lowest BCUT2D eigenvalue weighted by Gasteiger charge is -2.13. The molecule has 0 saturated heterocycles. The number of aryl methyl sites for hydroxylation is 1. The summed E-state index contributed by atoms with van der Waals surface area (Å²) in [7, 11) is 3.18. The highest BCUT2D eigenvalue weighted by atomic mass is 16.5. The van der Waals surface area contributed by atoms with Crippen LogP contribution in [0.4, 0.5) is 11.4 Å². The number of benzene rings is 2. The molecule has 8 heteroatoms. The SMILES string of the molecule is COc1ccc(COc2ncc(Nc3ccc4ncc(C)nc4c3C#N)cc2OC)cc1. The van der Waals surface area contributed by atoms with E-state index in [0.29, 0.717) is 46.2 Å². The molecule has 0 fully saturated rings. The van der Waals surface area contributed by atoms with Crippen LogP contribution in [0.1, 0.15) is 16.8 Å². The fourth-order valence-electron chi connectivity index (χ4n) is 3.17. The molecule has 160 valence electrons.